The van der Waals surface area contributed by atoms with Crippen molar-refractivity contribution >= 4 is 17.6 Å². The third kappa shape index (κ3) is 5.47. The number of nitrogens with zero attached hydrogens (tertiary/aromatic N) is 3. The maximum absolute atomic E-state index is 5.87. The van der Waals surface area contributed by atoms with E-state index in [1.54, 1.807) is 13.2 Å². The maximum Gasteiger partial charge on any atom is 0.191 e. The summed E-state index contributed by atoms with van der Waals surface area (Å²) in [6.45, 7) is 2.41. The summed E-state index contributed by atoms with van der Waals surface area (Å²) in [6.07, 6.45) is 4.65. The molecule has 1 aromatic heterocycles. The Bertz CT molecular complexity index is 548. The van der Waals surface area contributed by atoms with E-state index in [9.17, 15) is 0 Å². The normalized spacial score (nSPS) is 11.4. The molecule has 1 heterocycles. The molecule has 6 heteroatoms. The van der Waals surface area contributed by atoms with Crippen LogP contribution in [0.1, 0.15) is 5.56 Å². The van der Waals surface area contributed by atoms with Gasteiger partial charge in [0.15, 0.2) is 5.96 Å². The van der Waals surface area contributed by atoms with E-state index in [2.05, 4.69) is 20.7 Å². The topological polar surface area (TPSA) is 54.2 Å². The number of rotatable bonds is 6. The van der Waals surface area contributed by atoms with Gasteiger partial charge < -0.3 is 10.6 Å². The summed E-state index contributed by atoms with van der Waals surface area (Å²) >= 11 is 5.87. The molecule has 5 nitrogen and oxygen atoms in total. The van der Waals surface area contributed by atoms with Crippen molar-refractivity contribution in [1.29, 1.82) is 0 Å². The highest BCUT2D eigenvalue weighted by Crippen LogP contribution is 2.09. The largest absolute Gasteiger partial charge is 0.356 e. The average Bonchev–Trinajstić information content (AvgIpc) is 3.01. The number of hydrogen-bond donors (Lipinski definition) is 2. The number of hydrogen-bond acceptors (Lipinski definition) is 2. The zero-order valence-electron chi connectivity index (χ0n) is 12.1. The number of aromatic nitrogens is 2. The van der Waals surface area contributed by atoms with Crippen LogP contribution in [0.5, 0.6) is 0 Å². The zero-order valence-corrected chi connectivity index (χ0v) is 12.8. The van der Waals surface area contributed by atoms with Crippen molar-refractivity contribution in [3.8, 4) is 0 Å². The van der Waals surface area contributed by atoms with Gasteiger partial charge in [0.05, 0.1) is 6.54 Å². The fraction of sp³-hybridized carbons (Fsp3) is 0.333. The van der Waals surface area contributed by atoms with Crippen LogP contribution in [0.4, 0.5) is 0 Å². The quantitative estimate of drug-likeness (QED) is 0.633. The molecule has 0 atom stereocenters. The van der Waals surface area contributed by atoms with Gasteiger partial charge >= 0.3 is 0 Å². The molecule has 0 aliphatic heterocycles. The minimum atomic E-state index is 0.766. The molecule has 21 heavy (non-hydrogen) atoms. The lowest BCUT2D eigenvalue weighted by molar-refractivity contribution is 0.598. The minimum Gasteiger partial charge on any atom is -0.356 e. The Morgan fingerprint density at radius 3 is 2.67 bits per heavy atom. The highest BCUT2D eigenvalue weighted by molar-refractivity contribution is 6.30. The Labute approximate surface area is 130 Å². The van der Waals surface area contributed by atoms with Crippen LogP contribution in [0, 0.1) is 0 Å². The fourth-order valence-electron chi connectivity index (χ4n) is 1.92. The van der Waals surface area contributed by atoms with Gasteiger partial charge in [-0.3, -0.25) is 9.67 Å². The van der Waals surface area contributed by atoms with E-state index in [0.717, 1.165) is 37.0 Å². The van der Waals surface area contributed by atoms with Crippen LogP contribution >= 0.6 is 11.6 Å². The van der Waals surface area contributed by atoms with Crippen molar-refractivity contribution in [1.82, 2.24) is 20.4 Å². The summed E-state index contributed by atoms with van der Waals surface area (Å²) in [5.74, 6) is 0.802. The molecule has 0 saturated heterocycles. The minimum absolute atomic E-state index is 0.766. The molecule has 0 fully saturated rings. The number of halogens is 1. The number of benzene rings is 1. The van der Waals surface area contributed by atoms with Crippen LogP contribution in [-0.4, -0.2) is 35.9 Å². The Kier molecular flexibility index (Phi) is 6.09. The van der Waals surface area contributed by atoms with Crippen LogP contribution in [0.25, 0.3) is 0 Å². The Morgan fingerprint density at radius 1 is 1.24 bits per heavy atom. The van der Waals surface area contributed by atoms with E-state index in [4.69, 9.17) is 11.6 Å². The first kappa shape index (κ1) is 15.4. The molecule has 2 aromatic rings. The van der Waals surface area contributed by atoms with E-state index in [0.29, 0.717) is 0 Å². The Hall–Kier alpha value is -2.01. The summed E-state index contributed by atoms with van der Waals surface area (Å²) < 4.78 is 1.88. The van der Waals surface area contributed by atoms with E-state index in [1.165, 1.54) is 5.56 Å². The number of aliphatic imine (C=N–C) groups is 1. The molecule has 0 aliphatic rings. The monoisotopic (exact) mass is 305 g/mol. The zero-order chi connectivity index (χ0) is 14.9. The van der Waals surface area contributed by atoms with Crippen molar-refractivity contribution in [2.45, 2.75) is 13.0 Å². The average molecular weight is 306 g/mol. The van der Waals surface area contributed by atoms with Gasteiger partial charge in [0.2, 0.25) is 0 Å². The first-order chi connectivity index (χ1) is 10.3. The first-order valence-electron chi connectivity index (χ1n) is 6.94. The second kappa shape index (κ2) is 8.32. The van der Waals surface area contributed by atoms with E-state index >= 15 is 0 Å². The standard InChI is InChI=1S/C15H20ClN5/c1-17-15(19-10-12-21-11-2-8-20-21)18-9-7-13-3-5-14(16)6-4-13/h2-6,8,11H,7,9-10,12H2,1H3,(H2,17,18,19). The molecular formula is C15H20ClN5. The van der Waals surface area contributed by atoms with Gasteiger partial charge in [-0.05, 0) is 30.2 Å². The second-order valence-electron chi connectivity index (χ2n) is 4.57. The Balaban J connectivity index is 1.66. The summed E-state index contributed by atoms with van der Waals surface area (Å²) in [6, 6.07) is 9.82. The van der Waals surface area contributed by atoms with Crippen molar-refractivity contribution in [2.75, 3.05) is 20.1 Å². The van der Waals surface area contributed by atoms with Gasteiger partial charge in [-0.1, -0.05) is 23.7 Å². The van der Waals surface area contributed by atoms with Gasteiger partial charge in [0, 0.05) is 37.6 Å². The molecule has 0 aliphatic carbocycles. The molecule has 1 aromatic carbocycles. The van der Waals surface area contributed by atoms with E-state index in [-0.39, 0.29) is 0 Å². The third-order valence-electron chi connectivity index (χ3n) is 3.04. The lowest BCUT2D eigenvalue weighted by Crippen LogP contribution is -2.39. The van der Waals surface area contributed by atoms with Gasteiger partial charge in [-0.25, -0.2) is 0 Å². The molecule has 0 bridgehead atoms. The van der Waals surface area contributed by atoms with Crippen molar-refractivity contribution < 1.29 is 0 Å². The van der Waals surface area contributed by atoms with E-state index < -0.39 is 0 Å². The predicted molar refractivity (Wildman–Crippen MR) is 86.7 cm³/mol. The predicted octanol–water partition coefficient (Wildman–Crippen LogP) is 1.94. The van der Waals surface area contributed by atoms with Gasteiger partial charge in [-0.15, -0.1) is 0 Å². The van der Waals surface area contributed by atoms with Gasteiger partial charge in [0.25, 0.3) is 0 Å². The summed E-state index contributed by atoms with van der Waals surface area (Å²) in [4.78, 5) is 4.20. The molecule has 0 spiro atoms. The highest BCUT2D eigenvalue weighted by atomic mass is 35.5. The molecule has 2 N–H and O–H groups in total. The lowest BCUT2D eigenvalue weighted by Gasteiger charge is -2.12. The van der Waals surface area contributed by atoms with Crippen molar-refractivity contribution in [2.24, 2.45) is 4.99 Å². The van der Waals surface area contributed by atoms with Crippen molar-refractivity contribution in [3.63, 3.8) is 0 Å². The molecule has 0 radical (unpaired) electrons. The molecule has 2 rings (SSSR count). The van der Waals surface area contributed by atoms with Crippen LogP contribution in [0.3, 0.4) is 0 Å². The summed E-state index contributed by atoms with van der Waals surface area (Å²) in [7, 11) is 1.77. The van der Waals surface area contributed by atoms with Crippen LogP contribution in [0.2, 0.25) is 5.02 Å². The Morgan fingerprint density at radius 2 is 2.00 bits per heavy atom. The maximum atomic E-state index is 5.87. The van der Waals surface area contributed by atoms with Gasteiger partial charge in [-0.2, -0.15) is 5.10 Å². The van der Waals surface area contributed by atoms with Crippen LogP contribution in [-0.2, 0) is 13.0 Å². The first-order valence-corrected chi connectivity index (χ1v) is 7.32. The molecule has 112 valence electrons. The molecular weight excluding hydrogens is 286 g/mol. The smallest absolute Gasteiger partial charge is 0.191 e. The van der Waals surface area contributed by atoms with Crippen LogP contribution < -0.4 is 10.6 Å². The fourth-order valence-corrected chi connectivity index (χ4v) is 2.04. The molecule has 0 amide bonds. The molecule has 0 saturated carbocycles. The molecule has 0 unspecified atom stereocenters. The number of guanidine groups is 1. The van der Waals surface area contributed by atoms with Crippen LogP contribution in [0.15, 0.2) is 47.7 Å². The van der Waals surface area contributed by atoms with Crippen molar-refractivity contribution in [3.05, 3.63) is 53.3 Å². The van der Waals surface area contributed by atoms with Gasteiger partial charge in [0.1, 0.15) is 0 Å². The highest BCUT2D eigenvalue weighted by Gasteiger charge is 1.98. The third-order valence-corrected chi connectivity index (χ3v) is 3.29. The second-order valence-corrected chi connectivity index (χ2v) is 5.01. The number of nitrogens with one attached hydrogen (secondary N) is 2. The lowest BCUT2D eigenvalue weighted by atomic mass is 10.1. The SMILES string of the molecule is CN=C(NCCc1ccc(Cl)cc1)NCCn1cccn1. The van der Waals surface area contributed by atoms with E-state index in [1.807, 2.05) is 41.2 Å². The summed E-state index contributed by atoms with van der Waals surface area (Å²) in [5.41, 5.74) is 1.25. The summed E-state index contributed by atoms with van der Waals surface area (Å²) in [5, 5.41) is 11.5.